The number of nitrogens with one attached hydrogen (secondary N) is 2. The van der Waals surface area contributed by atoms with E-state index in [1.807, 2.05) is 20.9 Å². The minimum atomic E-state index is -0.350. The Morgan fingerprint density at radius 1 is 1.48 bits per heavy atom. The molecule has 2 aromatic heterocycles. The van der Waals surface area contributed by atoms with E-state index in [-0.39, 0.29) is 22.8 Å². The fourth-order valence-corrected chi connectivity index (χ4v) is 2.09. The van der Waals surface area contributed by atoms with Gasteiger partial charge in [-0.1, -0.05) is 0 Å². The fourth-order valence-electron chi connectivity index (χ4n) is 2.09. The zero-order valence-corrected chi connectivity index (χ0v) is 12.5. The molecule has 1 amide bonds. The molecule has 7 nitrogen and oxygen atoms in total. The predicted molar refractivity (Wildman–Crippen MR) is 77.5 cm³/mol. The van der Waals surface area contributed by atoms with Crippen molar-refractivity contribution in [2.45, 2.75) is 20.4 Å². The molecule has 2 N–H and O–H groups in total. The van der Waals surface area contributed by atoms with Crippen LogP contribution in [0.15, 0.2) is 17.1 Å². The van der Waals surface area contributed by atoms with Crippen molar-refractivity contribution < 1.29 is 9.53 Å². The summed E-state index contributed by atoms with van der Waals surface area (Å²) in [6, 6.07) is 1.22. The van der Waals surface area contributed by atoms with Crippen molar-refractivity contribution in [2.24, 2.45) is 7.05 Å². The standard InChI is InChI=1S/C14H18N4O3/c1-8-10(9(2)18(3)17-8)6-16-14(20)11-5-12(19)13(21-4)7-15-11/h5,7H,6H2,1-4H3,(H,15,19)(H,16,20). The molecule has 2 heterocycles. The molecule has 0 fully saturated rings. The summed E-state index contributed by atoms with van der Waals surface area (Å²) in [5, 5.41) is 7.06. The monoisotopic (exact) mass is 290 g/mol. The number of nitrogens with zero attached hydrogens (tertiary/aromatic N) is 2. The smallest absolute Gasteiger partial charge is 0.268 e. The molecule has 0 unspecified atom stereocenters. The number of aromatic nitrogens is 3. The normalized spacial score (nSPS) is 10.5. The van der Waals surface area contributed by atoms with E-state index in [1.165, 1.54) is 19.4 Å². The number of carbonyl (C=O) groups is 1. The molecule has 112 valence electrons. The van der Waals surface area contributed by atoms with Crippen LogP contribution in [0.5, 0.6) is 5.75 Å². The third-order valence-corrected chi connectivity index (χ3v) is 3.43. The first-order valence-electron chi connectivity index (χ1n) is 6.48. The summed E-state index contributed by atoms with van der Waals surface area (Å²) in [6.07, 6.45) is 1.37. The van der Waals surface area contributed by atoms with E-state index in [4.69, 9.17) is 4.74 Å². The maximum absolute atomic E-state index is 12.0. The highest BCUT2D eigenvalue weighted by atomic mass is 16.5. The van der Waals surface area contributed by atoms with Crippen molar-refractivity contribution in [3.8, 4) is 5.75 Å². The SMILES string of the molecule is COc1c[nH]c(C(=O)NCc2c(C)nn(C)c2C)cc1=O. The topological polar surface area (TPSA) is 89.0 Å². The van der Waals surface area contributed by atoms with Crippen molar-refractivity contribution in [3.63, 3.8) is 0 Å². The summed E-state index contributed by atoms with van der Waals surface area (Å²) in [6.45, 7) is 4.19. The third-order valence-electron chi connectivity index (χ3n) is 3.43. The molecule has 0 saturated carbocycles. The van der Waals surface area contributed by atoms with Gasteiger partial charge in [0.15, 0.2) is 5.75 Å². The minimum absolute atomic E-state index is 0.172. The van der Waals surface area contributed by atoms with Gasteiger partial charge in [0.25, 0.3) is 5.91 Å². The Bertz CT molecular complexity index is 730. The average molecular weight is 290 g/mol. The number of amides is 1. The molecule has 0 atom stereocenters. The van der Waals surface area contributed by atoms with Crippen molar-refractivity contribution in [1.29, 1.82) is 0 Å². The van der Waals surface area contributed by atoms with Gasteiger partial charge in [-0.3, -0.25) is 14.3 Å². The minimum Gasteiger partial charge on any atom is -0.491 e. The molecule has 7 heteroatoms. The van der Waals surface area contributed by atoms with E-state index in [1.54, 1.807) is 4.68 Å². The first-order valence-corrected chi connectivity index (χ1v) is 6.48. The van der Waals surface area contributed by atoms with Crippen LogP contribution in [0.25, 0.3) is 0 Å². The van der Waals surface area contributed by atoms with Crippen LogP contribution in [-0.2, 0) is 13.6 Å². The maximum Gasteiger partial charge on any atom is 0.268 e. The molecule has 0 aliphatic rings. The van der Waals surface area contributed by atoms with E-state index in [0.717, 1.165) is 17.0 Å². The Balaban J connectivity index is 2.12. The van der Waals surface area contributed by atoms with Crippen molar-refractivity contribution in [3.05, 3.63) is 45.1 Å². The quantitative estimate of drug-likeness (QED) is 0.866. The van der Waals surface area contributed by atoms with Gasteiger partial charge in [-0.05, 0) is 13.8 Å². The largest absolute Gasteiger partial charge is 0.491 e. The van der Waals surface area contributed by atoms with Gasteiger partial charge in [-0.2, -0.15) is 5.10 Å². The summed E-state index contributed by atoms with van der Waals surface area (Å²) >= 11 is 0. The Hall–Kier alpha value is -2.57. The van der Waals surface area contributed by atoms with Crippen LogP contribution in [0.3, 0.4) is 0 Å². The highest BCUT2D eigenvalue weighted by molar-refractivity contribution is 5.92. The molecule has 2 rings (SSSR count). The predicted octanol–water partition coefficient (Wildman–Crippen LogP) is 0.664. The summed E-state index contributed by atoms with van der Waals surface area (Å²) in [5.74, 6) is -0.178. The lowest BCUT2D eigenvalue weighted by Gasteiger charge is -2.06. The molecule has 2 aromatic rings. The zero-order valence-electron chi connectivity index (χ0n) is 12.5. The van der Waals surface area contributed by atoms with Crippen LogP contribution in [-0.4, -0.2) is 27.8 Å². The highest BCUT2D eigenvalue weighted by Gasteiger charge is 2.13. The number of pyridine rings is 1. The summed E-state index contributed by atoms with van der Waals surface area (Å²) in [7, 11) is 3.26. The van der Waals surface area contributed by atoms with E-state index in [9.17, 15) is 9.59 Å². The lowest BCUT2D eigenvalue weighted by molar-refractivity contribution is 0.0945. The van der Waals surface area contributed by atoms with Gasteiger partial charge in [0.2, 0.25) is 5.43 Å². The van der Waals surface area contributed by atoms with Gasteiger partial charge in [-0.15, -0.1) is 0 Å². The average Bonchev–Trinajstić information content (AvgIpc) is 2.69. The molecule has 0 bridgehead atoms. The number of carbonyl (C=O) groups excluding carboxylic acids is 1. The molecule has 0 aromatic carbocycles. The lowest BCUT2D eigenvalue weighted by Crippen LogP contribution is -2.25. The van der Waals surface area contributed by atoms with Gasteiger partial charge in [0.05, 0.1) is 12.8 Å². The van der Waals surface area contributed by atoms with Crippen LogP contribution < -0.4 is 15.5 Å². The maximum atomic E-state index is 12.0. The molecule has 0 saturated heterocycles. The number of aryl methyl sites for hydroxylation is 2. The van der Waals surface area contributed by atoms with E-state index >= 15 is 0 Å². The fraction of sp³-hybridized carbons (Fsp3) is 0.357. The van der Waals surface area contributed by atoms with Crippen LogP contribution in [0, 0.1) is 13.8 Å². The molecular weight excluding hydrogens is 272 g/mol. The van der Waals surface area contributed by atoms with Crippen LogP contribution in [0.2, 0.25) is 0 Å². The van der Waals surface area contributed by atoms with Gasteiger partial charge < -0.3 is 15.0 Å². The molecule has 0 spiro atoms. The van der Waals surface area contributed by atoms with E-state index in [0.29, 0.717) is 6.54 Å². The number of H-pyrrole nitrogens is 1. The number of ether oxygens (including phenoxy) is 1. The number of hydrogen-bond acceptors (Lipinski definition) is 4. The second-order valence-corrected chi connectivity index (χ2v) is 4.73. The first-order chi connectivity index (χ1) is 9.93. The van der Waals surface area contributed by atoms with Crippen molar-refractivity contribution >= 4 is 5.91 Å². The number of aromatic amines is 1. The van der Waals surface area contributed by atoms with Crippen molar-refractivity contribution in [2.75, 3.05) is 7.11 Å². The number of rotatable bonds is 4. The number of methoxy groups -OCH3 is 1. The third kappa shape index (κ3) is 2.96. The van der Waals surface area contributed by atoms with Gasteiger partial charge in [0.1, 0.15) is 5.69 Å². The Kier molecular flexibility index (Phi) is 4.11. The zero-order chi connectivity index (χ0) is 15.6. The van der Waals surface area contributed by atoms with E-state index < -0.39 is 0 Å². The molecule has 0 aliphatic heterocycles. The second-order valence-electron chi connectivity index (χ2n) is 4.73. The Labute approximate surface area is 121 Å². The molecule has 0 radical (unpaired) electrons. The van der Waals surface area contributed by atoms with Gasteiger partial charge in [0, 0.05) is 37.1 Å². The first kappa shape index (κ1) is 14.8. The Morgan fingerprint density at radius 2 is 2.19 bits per heavy atom. The Morgan fingerprint density at radius 3 is 2.71 bits per heavy atom. The number of hydrogen-bond donors (Lipinski definition) is 2. The molecule has 21 heavy (non-hydrogen) atoms. The van der Waals surface area contributed by atoms with Gasteiger partial charge in [-0.25, -0.2) is 0 Å². The van der Waals surface area contributed by atoms with Gasteiger partial charge >= 0.3 is 0 Å². The summed E-state index contributed by atoms with van der Waals surface area (Å²) < 4.78 is 6.63. The second kappa shape index (κ2) is 5.82. The van der Waals surface area contributed by atoms with Crippen molar-refractivity contribution in [1.82, 2.24) is 20.1 Å². The highest BCUT2D eigenvalue weighted by Crippen LogP contribution is 2.11. The molecule has 0 aliphatic carbocycles. The summed E-state index contributed by atoms with van der Waals surface area (Å²) in [4.78, 5) is 26.4. The van der Waals surface area contributed by atoms with E-state index in [2.05, 4.69) is 15.4 Å². The molecular formula is C14H18N4O3. The van der Waals surface area contributed by atoms with Crippen LogP contribution in [0.1, 0.15) is 27.4 Å². The lowest BCUT2D eigenvalue weighted by atomic mass is 10.2. The van der Waals surface area contributed by atoms with Crippen LogP contribution in [0.4, 0.5) is 0 Å². The summed E-state index contributed by atoms with van der Waals surface area (Å²) in [5.41, 5.74) is 2.70. The van der Waals surface area contributed by atoms with Crippen LogP contribution >= 0.6 is 0 Å².